The molecule has 0 aliphatic heterocycles. The molecular formula is C17H17ClO3. The molecule has 0 unspecified atom stereocenters. The lowest BCUT2D eigenvalue weighted by molar-refractivity contribution is -0.136. The van der Waals surface area contributed by atoms with Crippen molar-refractivity contribution in [2.45, 2.75) is 26.4 Å². The van der Waals surface area contributed by atoms with Crippen LogP contribution in [0.1, 0.15) is 23.6 Å². The number of hydrogen-bond donors (Lipinski definition) is 1. The fourth-order valence-electron chi connectivity index (χ4n) is 1.98. The van der Waals surface area contributed by atoms with Gasteiger partial charge in [-0.3, -0.25) is 4.79 Å². The molecule has 3 nitrogen and oxygen atoms in total. The Morgan fingerprint density at radius 2 is 1.71 bits per heavy atom. The van der Waals surface area contributed by atoms with Crippen molar-refractivity contribution in [1.29, 1.82) is 0 Å². The second kappa shape index (κ2) is 7.14. The van der Waals surface area contributed by atoms with Gasteiger partial charge in [0.05, 0.1) is 11.4 Å². The highest BCUT2D eigenvalue weighted by Crippen LogP contribution is 2.26. The summed E-state index contributed by atoms with van der Waals surface area (Å²) < 4.78 is 5.68. The molecule has 0 aromatic heterocycles. The molecule has 0 atom stereocenters. The summed E-state index contributed by atoms with van der Waals surface area (Å²) in [5, 5.41) is 9.18. The minimum absolute atomic E-state index is 0.0432. The van der Waals surface area contributed by atoms with E-state index in [1.165, 1.54) is 5.56 Å². The third-order valence-electron chi connectivity index (χ3n) is 3.18. The molecule has 0 radical (unpaired) electrons. The van der Waals surface area contributed by atoms with Gasteiger partial charge in [0.25, 0.3) is 0 Å². The van der Waals surface area contributed by atoms with Crippen LogP contribution in [0.15, 0.2) is 42.5 Å². The summed E-state index contributed by atoms with van der Waals surface area (Å²) in [5.74, 6) is -0.318. The van der Waals surface area contributed by atoms with Crippen LogP contribution in [0, 0.1) is 0 Å². The van der Waals surface area contributed by atoms with Crippen LogP contribution in [0.5, 0.6) is 5.75 Å². The number of carbonyl (C=O) groups is 1. The van der Waals surface area contributed by atoms with Crippen molar-refractivity contribution in [2.75, 3.05) is 0 Å². The molecule has 0 heterocycles. The monoisotopic (exact) mass is 304 g/mol. The zero-order chi connectivity index (χ0) is 15.2. The summed E-state index contributed by atoms with van der Waals surface area (Å²) in [5.41, 5.74) is 3.01. The maximum absolute atomic E-state index is 10.7. The number of carboxylic acids is 1. The standard InChI is InChI=1S/C17H17ClO3/c1-2-12-3-5-13(6-4-12)11-21-16-8-7-14(9-15(16)18)10-17(19)20/h3-9H,2,10-11H2,1H3,(H,19,20). The molecule has 0 spiro atoms. The maximum Gasteiger partial charge on any atom is 0.307 e. The lowest BCUT2D eigenvalue weighted by Crippen LogP contribution is -2.01. The predicted octanol–water partition coefficient (Wildman–Crippen LogP) is 4.11. The number of aryl methyl sites for hydroxylation is 1. The number of carboxylic acid groups (broad SMARTS) is 1. The smallest absolute Gasteiger partial charge is 0.307 e. The Hall–Kier alpha value is -2.00. The average Bonchev–Trinajstić information content (AvgIpc) is 2.46. The number of benzene rings is 2. The summed E-state index contributed by atoms with van der Waals surface area (Å²) >= 11 is 6.11. The summed E-state index contributed by atoms with van der Waals surface area (Å²) in [7, 11) is 0. The second-order valence-electron chi connectivity index (χ2n) is 4.79. The van der Waals surface area contributed by atoms with E-state index in [-0.39, 0.29) is 6.42 Å². The lowest BCUT2D eigenvalue weighted by atomic mass is 10.1. The van der Waals surface area contributed by atoms with Crippen LogP contribution in [-0.4, -0.2) is 11.1 Å². The number of halogens is 1. The molecule has 0 aliphatic carbocycles. The van der Waals surface area contributed by atoms with Crippen LogP contribution < -0.4 is 4.74 Å². The van der Waals surface area contributed by atoms with E-state index < -0.39 is 5.97 Å². The molecule has 21 heavy (non-hydrogen) atoms. The largest absolute Gasteiger partial charge is 0.487 e. The summed E-state index contributed by atoms with van der Waals surface area (Å²) in [6.45, 7) is 2.55. The van der Waals surface area contributed by atoms with E-state index in [1.807, 2.05) is 12.1 Å². The molecular weight excluding hydrogens is 288 g/mol. The lowest BCUT2D eigenvalue weighted by Gasteiger charge is -2.09. The van der Waals surface area contributed by atoms with Crippen molar-refractivity contribution in [2.24, 2.45) is 0 Å². The Labute approximate surface area is 129 Å². The highest BCUT2D eigenvalue weighted by Gasteiger charge is 2.06. The summed E-state index contributed by atoms with van der Waals surface area (Å²) in [6, 6.07) is 13.3. The van der Waals surface area contributed by atoms with E-state index in [0.717, 1.165) is 12.0 Å². The van der Waals surface area contributed by atoms with E-state index in [2.05, 4.69) is 19.1 Å². The van der Waals surface area contributed by atoms with Crippen LogP contribution in [0.3, 0.4) is 0 Å². The van der Waals surface area contributed by atoms with Gasteiger partial charge in [-0.15, -0.1) is 0 Å². The summed E-state index contributed by atoms with van der Waals surface area (Å²) in [4.78, 5) is 10.7. The average molecular weight is 305 g/mol. The van der Waals surface area contributed by atoms with E-state index in [1.54, 1.807) is 18.2 Å². The molecule has 0 aliphatic rings. The normalized spacial score (nSPS) is 10.4. The van der Waals surface area contributed by atoms with Crippen LogP contribution in [0.2, 0.25) is 5.02 Å². The Kier molecular flexibility index (Phi) is 5.23. The van der Waals surface area contributed by atoms with Crippen LogP contribution in [0.25, 0.3) is 0 Å². The van der Waals surface area contributed by atoms with Gasteiger partial charge >= 0.3 is 5.97 Å². The van der Waals surface area contributed by atoms with Gasteiger partial charge in [0.1, 0.15) is 12.4 Å². The first-order valence-corrected chi connectivity index (χ1v) is 7.17. The van der Waals surface area contributed by atoms with Crippen molar-refractivity contribution in [1.82, 2.24) is 0 Å². The summed E-state index contributed by atoms with van der Waals surface area (Å²) in [6.07, 6.45) is 0.969. The Morgan fingerprint density at radius 1 is 1.10 bits per heavy atom. The minimum Gasteiger partial charge on any atom is -0.487 e. The van der Waals surface area contributed by atoms with E-state index in [4.69, 9.17) is 21.4 Å². The molecule has 0 saturated heterocycles. The minimum atomic E-state index is -0.879. The SMILES string of the molecule is CCc1ccc(COc2ccc(CC(=O)O)cc2Cl)cc1. The highest BCUT2D eigenvalue weighted by molar-refractivity contribution is 6.32. The van der Waals surface area contributed by atoms with Gasteiger partial charge in [-0.1, -0.05) is 48.9 Å². The van der Waals surface area contributed by atoms with Crippen molar-refractivity contribution < 1.29 is 14.6 Å². The third kappa shape index (κ3) is 4.50. The number of aliphatic carboxylic acids is 1. The molecule has 1 N–H and O–H groups in total. The van der Waals surface area contributed by atoms with E-state index in [0.29, 0.717) is 22.9 Å². The number of ether oxygens (including phenoxy) is 1. The molecule has 0 amide bonds. The number of rotatable bonds is 6. The highest BCUT2D eigenvalue weighted by atomic mass is 35.5. The fourth-order valence-corrected chi connectivity index (χ4v) is 2.24. The fraction of sp³-hybridized carbons (Fsp3) is 0.235. The quantitative estimate of drug-likeness (QED) is 0.873. The van der Waals surface area contributed by atoms with Crippen molar-refractivity contribution in [3.05, 3.63) is 64.2 Å². The van der Waals surface area contributed by atoms with Gasteiger partial charge in [0, 0.05) is 0 Å². The first-order valence-electron chi connectivity index (χ1n) is 6.79. The Bertz CT molecular complexity index is 620. The maximum atomic E-state index is 10.7. The van der Waals surface area contributed by atoms with Gasteiger partial charge < -0.3 is 9.84 Å². The van der Waals surface area contributed by atoms with Crippen LogP contribution >= 0.6 is 11.6 Å². The zero-order valence-corrected chi connectivity index (χ0v) is 12.6. The van der Waals surface area contributed by atoms with Crippen molar-refractivity contribution in [3.8, 4) is 5.75 Å². The number of hydrogen-bond acceptors (Lipinski definition) is 2. The van der Waals surface area contributed by atoms with Gasteiger partial charge in [-0.25, -0.2) is 0 Å². The molecule has 0 fully saturated rings. The second-order valence-corrected chi connectivity index (χ2v) is 5.20. The zero-order valence-electron chi connectivity index (χ0n) is 11.8. The topological polar surface area (TPSA) is 46.5 Å². The first kappa shape index (κ1) is 15.4. The first-order chi connectivity index (χ1) is 10.1. The molecule has 2 aromatic rings. The van der Waals surface area contributed by atoms with Gasteiger partial charge in [-0.05, 0) is 35.2 Å². The Morgan fingerprint density at radius 3 is 2.29 bits per heavy atom. The van der Waals surface area contributed by atoms with Gasteiger partial charge in [0.15, 0.2) is 0 Å². The van der Waals surface area contributed by atoms with Crippen molar-refractivity contribution >= 4 is 17.6 Å². The molecule has 2 aromatic carbocycles. The third-order valence-corrected chi connectivity index (χ3v) is 3.47. The van der Waals surface area contributed by atoms with E-state index >= 15 is 0 Å². The molecule has 2 rings (SSSR count). The van der Waals surface area contributed by atoms with Crippen molar-refractivity contribution in [3.63, 3.8) is 0 Å². The predicted molar refractivity (Wildman–Crippen MR) is 82.9 cm³/mol. The van der Waals surface area contributed by atoms with Gasteiger partial charge in [0.2, 0.25) is 0 Å². The van der Waals surface area contributed by atoms with E-state index in [9.17, 15) is 4.79 Å². The molecule has 0 saturated carbocycles. The van der Waals surface area contributed by atoms with Gasteiger partial charge in [-0.2, -0.15) is 0 Å². The Balaban J connectivity index is 2.00. The molecule has 110 valence electrons. The molecule has 0 bridgehead atoms. The van der Waals surface area contributed by atoms with Crippen LogP contribution in [0.4, 0.5) is 0 Å². The molecule has 4 heteroatoms. The van der Waals surface area contributed by atoms with Crippen LogP contribution in [-0.2, 0) is 24.2 Å².